The second kappa shape index (κ2) is 10.8. The summed E-state index contributed by atoms with van der Waals surface area (Å²) in [6.07, 6.45) is 5.42. The molecule has 13 heteroatoms. The predicted octanol–water partition coefficient (Wildman–Crippen LogP) is 6.18. The average molecular weight is 653 g/mol. The number of nitrogen functional groups attached to an aromatic ring is 1. The third kappa shape index (κ3) is 4.50. The Hall–Kier alpha value is -3.50. The Morgan fingerprint density at radius 3 is 2.84 bits per heavy atom. The largest absolute Gasteiger partial charge is 0.488 e. The zero-order chi connectivity index (χ0) is 31.0. The van der Waals surface area contributed by atoms with Gasteiger partial charge in [0.15, 0.2) is 11.6 Å². The van der Waals surface area contributed by atoms with Crippen LogP contribution in [0.3, 0.4) is 0 Å². The van der Waals surface area contributed by atoms with Crippen molar-refractivity contribution in [1.29, 1.82) is 5.26 Å². The van der Waals surface area contributed by atoms with Gasteiger partial charge in [-0.15, -0.1) is 11.3 Å². The van der Waals surface area contributed by atoms with Crippen molar-refractivity contribution in [2.24, 2.45) is 5.41 Å². The molecule has 45 heavy (non-hydrogen) atoms. The van der Waals surface area contributed by atoms with E-state index in [0.29, 0.717) is 37.5 Å². The minimum Gasteiger partial charge on any atom is -0.488 e. The zero-order valence-electron chi connectivity index (χ0n) is 24.6. The molecule has 4 bridgehead atoms. The molecule has 2 aliphatic carbocycles. The number of hydrogen-bond donors (Lipinski definition) is 2. The summed E-state index contributed by atoms with van der Waals surface area (Å²) >= 11 is 8.08. The van der Waals surface area contributed by atoms with E-state index in [1.807, 2.05) is 7.05 Å². The number of benzene rings is 2. The van der Waals surface area contributed by atoms with Gasteiger partial charge in [0.1, 0.15) is 34.3 Å². The quantitative estimate of drug-likeness (QED) is 0.241. The van der Waals surface area contributed by atoms with Crippen LogP contribution in [0.25, 0.3) is 32.1 Å². The van der Waals surface area contributed by atoms with Crippen molar-refractivity contribution in [3.8, 4) is 29.0 Å². The minimum atomic E-state index is -0.734. The number of ether oxygens (including phenoxy) is 3. The summed E-state index contributed by atoms with van der Waals surface area (Å²) in [4.78, 5) is 11.8. The molecule has 0 radical (unpaired) electrons. The minimum absolute atomic E-state index is 0.00956. The van der Waals surface area contributed by atoms with Gasteiger partial charge in [-0.25, -0.2) is 8.78 Å². The number of nitrogens with zero attached hydrogens (tertiary/aromatic N) is 4. The van der Waals surface area contributed by atoms with E-state index in [1.54, 1.807) is 0 Å². The van der Waals surface area contributed by atoms with E-state index in [4.69, 9.17) is 36.5 Å². The van der Waals surface area contributed by atoms with Gasteiger partial charge in [0, 0.05) is 41.9 Å². The summed E-state index contributed by atoms with van der Waals surface area (Å²) in [5, 5.41) is 13.9. The summed E-state index contributed by atoms with van der Waals surface area (Å²) in [7, 11) is 1.89. The summed E-state index contributed by atoms with van der Waals surface area (Å²) in [5.74, 6) is -0.514. The molecule has 0 amide bonds. The van der Waals surface area contributed by atoms with Crippen LogP contribution in [0.15, 0.2) is 12.1 Å². The van der Waals surface area contributed by atoms with Gasteiger partial charge in [0.2, 0.25) is 0 Å². The van der Waals surface area contributed by atoms with Crippen LogP contribution in [-0.4, -0.2) is 61.6 Å². The highest BCUT2D eigenvalue weighted by atomic mass is 35.5. The number of aromatic nitrogens is 2. The van der Waals surface area contributed by atoms with E-state index in [2.05, 4.69) is 21.3 Å². The van der Waals surface area contributed by atoms with Crippen molar-refractivity contribution in [1.82, 2.24) is 15.3 Å². The lowest BCUT2D eigenvalue weighted by molar-refractivity contribution is 0.0785. The Morgan fingerprint density at radius 2 is 2.09 bits per heavy atom. The lowest BCUT2D eigenvalue weighted by atomic mass is 9.71. The fourth-order valence-corrected chi connectivity index (χ4v) is 8.82. The number of likely N-dealkylation sites (N-methyl/N-ethyl adjacent to an activating group) is 1. The highest BCUT2D eigenvalue weighted by molar-refractivity contribution is 7.23. The van der Waals surface area contributed by atoms with Crippen molar-refractivity contribution in [3.63, 3.8) is 0 Å². The number of hydrogen-bond acceptors (Lipinski definition) is 10. The van der Waals surface area contributed by atoms with E-state index in [1.165, 1.54) is 12.1 Å². The number of nitriles is 1. The normalized spacial score (nSPS) is 25.0. The third-order valence-corrected chi connectivity index (χ3v) is 11.2. The molecule has 2 aromatic carbocycles. The number of anilines is 2. The van der Waals surface area contributed by atoms with Gasteiger partial charge in [-0.3, -0.25) is 0 Å². The molecule has 5 aliphatic rings. The first-order valence-corrected chi connectivity index (χ1v) is 16.5. The van der Waals surface area contributed by atoms with Crippen LogP contribution in [0.4, 0.5) is 19.6 Å². The van der Waals surface area contributed by atoms with E-state index in [9.17, 15) is 9.65 Å². The molecule has 3 aliphatic heterocycles. The molecule has 234 valence electrons. The van der Waals surface area contributed by atoms with Gasteiger partial charge >= 0.3 is 6.01 Å². The molecular weight excluding hydrogens is 622 g/mol. The molecule has 2 saturated carbocycles. The summed E-state index contributed by atoms with van der Waals surface area (Å²) in [5.41, 5.74) is 6.30. The second-order valence-corrected chi connectivity index (χ2v) is 14.1. The Kier molecular flexibility index (Phi) is 6.94. The van der Waals surface area contributed by atoms with Gasteiger partial charge in [-0.05, 0) is 50.8 Å². The fraction of sp³-hybridized carbons (Fsp3) is 0.469. The topological polar surface area (TPSA) is 119 Å². The second-order valence-electron chi connectivity index (χ2n) is 12.6. The van der Waals surface area contributed by atoms with Crippen LogP contribution in [-0.2, 0) is 4.74 Å². The number of rotatable bonds is 7. The number of nitrogens with two attached hydrogens (primary N) is 1. The first kappa shape index (κ1) is 28.9. The Labute approximate surface area is 267 Å². The first-order valence-electron chi connectivity index (χ1n) is 15.3. The number of fused-ring (bicyclic) bond motifs is 4. The molecule has 9 rings (SSSR count). The molecule has 0 spiro atoms. The maximum absolute atomic E-state index is 17.2. The summed E-state index contributed by atoms with van der Waals surface area (Å²) < 4.78 is 51.0. The molecule has 4 fully saturated rings. The van der Waals surface area contributed by atoms with Crippen LogP contribution in [0.1, 0.15) is 44.1 Å². The smallest absolute Gasteiger partial charge is 0.319 e. The average Bonchev–Trinajstić information content (AvgIpc) is 3.72. The number of nitrogens with one attached hydrogen (secondary N) is 1. The molecule has 2 unspecified atom stereocenters. The highest BCUT2D eigenvalue weighted by Gasteiger charge is 2.52. The van der Waals surface area contributed by atoms with E-state index in [-0.39, 0.29) is 77.7 Å². The summed E-state index contributed by atoms with van der Waals surface area (Å²) in [6.45, 7) is 2.28. The highest BCUT2D eigenvalue weighted by Crippen LogP contribution is 2.53. The van der Waals surface area contributed by atoms with E-state index >= 15 is 4.39 Å². The Bertz CT molecular complexity index is 1900. The first-order chi connectivity index (χ1) is 21.8. The maximum atomic E-state index is 17.2. The summed E-state index contributed by atoms with van der Waals surface area (Å²) in [6, 6.07) is 4.91. The lowest BCUT2D eigenvalue weighted by Crippen LogP contribution is -2.46. The van der Waals surface area contributed by atoms with E-state index < -0.39 is 11.6 Å². The van der Waals surface area contributed by atoms with Crippen LogP contribution in [0, 0.1) is 28.4 Å². The zero-order valence-corrected chi connectivity index (χ0v) is 26.2. The molecule has 4 aromatic rings. The van der Waals surface area contributed by atoms with Gasteiger partial charge in [-0.2, -0.15) is 15.2 Å². The van der Waals surface area contributed by atoms with Crippen LogP contribution in [0.2, 0.25) is 5.02 Å². The SMILES string of the molecule is CNCCN1c2nc(OCC34COC(C3)C4)nc3c(F)c(-c4ccc(F)c5sc(N)c(C#N)c45)c(Cl)c(c23)OC2CCCC1C2. The fourth-order valence-electron chi connectivity index (χ4n) is 7.55. The van der Waals surface area contributed by atoms with Crippen molar-refractivity contribution in [3.05, 3.63) is 34.4 Å². The number of thiophene rings is 1. The Balaban J connectivity index is 1.39. The van der Waals surface area contributed by atoms with Crippen molar-refractivity contribution in [2.45, 2.75) is 56.8 Å². The van der Waals surface area contributed by atoms with Gasteiger partial charge in [-0.1, -0.05) is 17.7 Å². The van der Waals surface area contributed by atoms with Gasteiger partial charge in [0.05, 0.1) is 40.0 Å². The van der Waals surface area contributed by atoms with Crippen LogP contribution < -0.4 is 25.4 Å². The monoisotopic (exact) mass is 652 g/mol. The molecule has 2 saturated heterocycles. The van der Waals surface area contributed by atoms with E-state index in [0.717, 1.165) is 49.9 Å². The standard InChI is InChI=1S/C32H31ClF2N6O3S/c1-38-7-8-41-15-3-2-4-16(9-15)44-27-23-26(39-31(40-30(23)41)43-14-32-10-17(11-32)42-13-32)25(35)22(24(27)33)18-5-6-20(34)28-21(18)19(12-36)29(37)45-28/h5-6,15-17,38H,2-4,7-11,13-14,37H2,1H3. The van der Waals surface area contributed by atoms with Gasteiger partial charge < -0.3 is 30.2 Å². The van der Waals surface area contributed by atoms with Crippen LogP contribution in [0.5, 0.6) is 11.8 Å². The van der Waals surface area contributed by atoms with Crippen molar-refractivity contribution >= 4 is 54.7 Å². The molecule has 3 N–H and O–H groups in total. The molecule has 2 aromatic heterocycles. The maximum Gasteiger partial charge on any atom is 0.319 e. The van der Waals surface area contributed by atoms with Crippen molar-refractivity contribution in [2.75, 3.05) is 44.0 Å². The van der Waals surface area contributed by atoms with Gasteiger partial charge in [0.25, 0.3) is 0 Å². The predicted molar refractivity (Wildman–Crippen MR) is 169 cm³/mol. The third-order valence-electron chi connectivity index (χ3n) is 9.79. The molecule has 5 heterocycles. The van der Waals surface area contributed by atoms with Crippen molar-refractivity contribution < 1.29 is 23.0 Å². The number of halogens is 3. The van der Waals surface area contributed by atoms with Crippen LogP contribution >= 0.6 is 22.9 Å². The Morgan fingerprint density at radius 1 is 1.24 bits per heavy atom. The molecular formula is C32H31ClF2N6O3S. The lowest BCUT2D eigenvalue weighted by Gasteiger charge is -2.41. The molecule has 9 nitrogen and oxygen atoms in total. The molecule has 2 atom stereocenters.